The van der Waals surface area contributed by atoms with E-state index in [2.05, 4.69) is 22.9 Å². The number of aliphatic hydroxyl groups is 1. The lowest BCUT2D eigenvalue weighted by atomic mass is 9.87. The number of rotatable bonds is 6. The smallest absolute Gasteiger partial charge is 0.410 e. The predicted molar refractivity (Wildman–Crippen MR) is 187 cm³/mol. The van der Waals surface area contributed by atoms with Gasteiger partial charge in [-0.3, -0.25) is 14.7 Å². The maximum atomic E-state index is 13.6. The Kier molecular flexibility index (Phi) is 14.1. The van der Waals surface area contributed by atoms with Crippen LogP contribution in [-0.4, -0.2) is 82.0 Å². The van der Waals surface area contributed by atoms with Crippen LogP contribution in [0.2, 0.25) is 0 Å². The molecule has 1 aromatic rings. The zero-order valence-corrected chi connectivity index (χ0v) is 29.5. The minimum absolute atomic E-state index is 0.00803. The normalized spacial score (nSPS) is 31.1. The molecule has 0 bridgehead atoms. The van der Waals surface area contributed by atoms with Crippen molar-refractivity contribution in [2.45, 2.75) is 129 Å². The molecular weight excluding hydrogens is 590 g/mol. The van der Waals surface area contributed by atoms with Gasteiger partial charge in [-0.1, -0.05) is 76.8 Å². The number of allylic oxidation sites excluding steroid dienone is 3. The van der Waals surface area contributed by atoms with Gasteiger partial charge in [-0.05, 0) is 75.7 Å². The fourth-order valence-electron chi connectivity index (χ4n) is 7.13. The summed E-state index contributed by atoms with van der Waals surface area (Å²) >= 11 is 0. The van der Waals surface area contributed by atoms with Crippen LogP contribution in [0.4, 0.5) is 4.79 Å². The van der Waals surface area contributed by atoms with Crippen LogP contribution in [0.15, 0.2) is 60.3 Å². The van der Waals surface area contributed by atoms with Crippen molar-refractivity contribution in [3.63, 3.8) is 0 Å². The molecule has 0 unspecified atom stereocenters. The summed E-state index contributed by atoms with van der Waals surface area (Å²) in [6.07, 6.45) is 19.8. The minimum Gasteiger partial charge on any atom is -0.457 e. The van der Waals surface area contributed by atoms with Crippen molar-refractivity contribution in [1.82, 2.24) is 14.8 Å². The van der Waals surface area contributed by atoms with Crippen LogP contribution < -0.4 is 0 Å². The summed E-state index contributed by atoms with van der Waals surface area (Å²) in [7, 11) is 0. The Morgan fingerprint density at radius 3 is 2.55 bits per heavy atom. The Morgan fingerprint density at radius 2 is 1.83 bits per heavy atom. The van der Waals surface area contributed by atoms with Crippen LogP contribution in [0.1, 0.15) is 110 Å². The first-order valence-corrected chi connectivity index (χ1v) is 18.1. The summed E-state index contributed by atoms with van der Waals surface area (Å²) in [5, 5.41) is 11.7. The van der Waals surface area contributed by atoms with Crippen molar-refractivity contribution in [3.8, 4) is 0 Å². The Hall–Kier alpha value is -2.97. The molecule has 1 saturated carbocycles. The van der Waals surface area contributed by atoms with E-state index in [9.17, 15) is 14.7 Å². The van der Waals surface area contributed by atoms with Crippen molar-refractivity contribution in [3.05, 3.63) is 66.0 Å². The molecule has 1 saturated heterocycles. The average molecular weight is 650 g/mol. The van der Waals surface area contributed by atoms with Gasteiger partial charge in [0.2, 0.25) is 0 Å². The molecule has 0 spiro atoms. The summed E-state index contributed by atoms with van der Waals surface area (Å²) in [6, 6.07) is 6.51. The summed E-state index contributed by atoms with van der Waals surface area (Å²) in [6.45, 7) is 13.0. The molecule has 1 amide bonds. The van der Waals surface area contributed by atoms with Crippen LogP contribution in [0, 0.1) is 11.8 Å². The molecule has 2 aliphatic heterocycles. The van der Waals surface area contributed by atoms with Gasteiger partial charge in [-0.25, -0.2) is 4.79 Å². The molecule has 0 radical (unpaired) electrons. The number of ether oxygens (including phenoxy) is 2. The van der Waals surface area contributed by atoms with E-state index < -0.39 is 17.8 Å². The van der Waals surface area contributed by atoms with Crippen molar-refractivity contribution in [2.75, 3.05) is 26.2 Å². The summed E-state index contributed by atoms with van der Waals surface area (Å²) in [5.41, 5.74) is 0.613. The van der Waals surface area contributed by atoms with Crippen LogP contribution in [0.5, 0.6) is 0 Å². The summed E-state index contributed by atoms with van der Waals surface area (Å²) in [4.78, 5) is 35.5. The van der Waals surface area contributed by atoms with Gasteiger partial charge in [-0.15, -0.1) is 0 Å². The van der Waals surface area contributed by atoms with Gasteiger partial charge in [0, 0.05) is 62.4 Å². The van der Waals surface area contributed by atoms with Crippen LogP contribution in [0.3, 0.4) is 0 Å². The number of hydrogen-bond acceptors (Lipinski definition) is 7. The third kappa shape index (κ3) is 11.3. The van der Waals surface area contributed by atoms with Gasteiger partial charge in [0.25, 0.3) is 0 Å². The highest BCUT2D eigenvalue weighted by atomic mass is 16.6. The van der Waals surface area contributed by atoms with E-state index in [0.29, 0.717) is 32.0 Å². The third-order valence-electron chi connectivity index (χ3n) is 10.3. The molecule has 3 aliphatic rings. The molecule has 3 heterocycles. The van der Waals surface area contributed by atoms with Gasteiger partial charge in [0.15, 0.2) is 6.10 Å². The van der Waals surface area contributed by atoms with Crippen LogP contribution >= 0.6 is 0 Å². The Bertz CT molecular complexity index is 1220. The molecule has 8 nitrogen and oxygen atoms in total. The van der Waals surface area contributed by atoms with Gasteiger partial charge in [0.1, 0.15) is 11.7 Å². The average Bonchev–Trinajstić information content (AvgIpc) is 3.48. The van der Waals surface area contributed by atoms with Crippen molar-refractivity contribution in [1.29, 1.82) is 0 Å². The number of esters is 1. The summed E-state index contributed by atoms with van der Waals surface area (Å²) < 4.78 is 12.2. The number of pyridine rings is 1. The molecule has 1 aliphatic carbocycles. The van der Waals surface area contributed by atoms with E-state index >= 15 is 0 Å². The molecule has 1 N–H and O–H groups in total. The van der Waals surface area contributed by atoms with E-state index in [4.69, 9.17) is 9.47 Å². The second kappa shape index (κ2) is 18.0. The lowest BCUT2D eigenvalue weighted by Gasteiger charge is -2.34. The molecular formula is C39H59N3O5. The van der Waals surface area contributed by atoms with Crippen LogP contribution in [-0.2, 0) is 14.3 Å². The highest BCUT2D eigenvalue weighted by Crippen LogP contribution is 2.29. The predicted octanol–water partition coefficient (Wildman–Crippen LogP) is 7.60. The first kappa shape index (κ1) is 36.9. The number of aromatic nitrogens is 1. The second-order valence-electron chi connectivity index (χ2n) is 14.5. The van der Waals surface area contributed by atoms with E-state index in [1.54, 1.807) is 19.2 Å². The monoisotopic (exact) mass is 649 g/mol. The number of hydrogen-bond donors (Lipinski definition) is 1. The largest absolute Gasteiger partial charge is 0.457 e. The highest BCUT2D eigenvalue weighted by molar-refractivity contribution is 5.70. The Morgan fingerprint density at radius 1 is 1.06 bits per heavy atom. The molecule has 0 aromatic carbocycles. The Balaban J connectivity index is 1.47. The number of carbonyl (C=O) groups is 2. The maximum Gasteiger partial charge on any atom is 0.410 e. The van der Waals surface area contributed by atoms with Gasteiger partial charge in [-0.2, -0.15) is 0 Å². The van der Waals surface area contributed by atoms with Gasteiger partial charge in [0.05, 0.1) is 0 Å². The van der Waals surface area contributed by atoms with Crippen molar-refractivity contribution in [2.24, 2.45) is 11.8 Å². The molecule has 1 aromatic heterocycles. The first-order valence-electron chi connectivity index (χ1n) is 18.1. The maximum absolute atomic E-state index is 13.6. The minimum atomic E-state index is -1.29. The lowest BCUT2D eigenvalue weighted by molar-refractivity contribution is -0.150. The lowest BCUT2D eigenvalue weighted by Crippen LogP contribution is -2.45. The molecule has 6 atom stereocenters. The van der Waals surface area contributed by atoms with Crippen molar-refractivity contribution < 1.29 is 24.2 Å². The van der Waals surface area contributed by atoms with E-state index in [0.717, 1.165) is 30.8 Å². The SMILES string of the molecule is C/C(=C\C=C\[C@@H](C)c1ccccn1)[C@H]1OC(=O)C[C@H](C)CC[C@@](C)(O)[C@@H](OC(=O)N2CCCN(C3CCCCCC3)CC2)/C=C/[C@@H]1C. The Labute approximate surface area is 283 Å². The quantitative estimate of drug-likeness (QED) is 0.147. The fraction of sp³-hybridized carbons (Fsp3) is 0.667. The number of nitrogens with zero attached hydrogens (tertiary/aromatic N) is 3. The first-order chi connectivity index (χ1) is 22.5. The third-order valence-corrected chi connectivity index (χ3v) is 10.3. The van der Waals surface area contributed by atoms with E-state index in [1.807, 2.05) is 62.1 Å². The molecule has 8 heteroatoms. The van der Waals surface area contributed by atoms with E-state index in [-0.39, 0.29) is 36.2 Å². The van der Waals surface area contributed by atoms with E-state index in [1.165, 1.54) is 38.5 Å². The van der Waals surface area contributed by atoms with Crippen LogP contribution in [0.25, 0.3) is 0 Å². The zero-order valence-electron chi connectivity index (χ0n) is 29.5. The van der Waals surface area contributed by atoms with Gasteiger partial charge < -0.3 is 19.5 Å². The highest BCUT2D eigenvalue weighted by Gasteiger charge is 2.36. The van der Waals surface area contributed by atoms with Crippen molar-refractivity contribution >= 4 is 12.1 Å². The topological polar surface area (TPSA) is 92.2 Å². The number of cyclic esters (lactones) is 1. The molecule has 4 rings (SSSR count). The standard InChI is InChI=1S/C39H59N3O5/c1-29-21-22-39(5,45)35(46-38(44)42-25-13-24-41(26-27-42)33-16-8-6-7-9-17-33)20-19-32(4)37(47-36(43)28-29)31(3)15-12-14-30(2)34-18-10-11-23-40-34/h10-12,14-15,18-20,23,29-30,32-33,35,37,45H,6-9,13,16-17,21-22,24-28H2,1-5H3/b14-12+,20-19+,31-15+/t29-,30-,32+,35+,37-,39-/m1/s1. The molecule has 2 fully saturated rings. The zero-order chi connectivity index (χ0) is 33.8. The second-order valence-corrected chi connectivity index (χ2v) is 14.5. The number of carbonyl (C=O) groups excluding carboxylic acids is 2. The fourth-order valence-corrected chi connectivity index (χ4v) is 7.13. The summed E-state index contributed by atoms with van der Waals surface area (Å²) in [5.74, 6) is -0.314. The molecule has 47 heavy (non-hydrogen) atoms. The number of amides is 1. The molecule has 260 valence electrons. The van der Waals surface area contributed by atoms with Gasteiger partial charge >= 0.3 is 12.1 Å².